The van der Waals surface area contributed by atoms with E-state index in [0.29, 0.717) is 31.4 Å². The van der Waals surface area contributed by atoms with Gasteiger partial charge in [0.2, 0.25) is 5.89 Å². The van der Waals surface area contributed by atoms with Gasteiger partial charge in [0.25, 0.3) is 0 Å². The number of hydrogen-bond acceptors (Lipinski definition) is 4. The van der Waals surface area contributed by atoms with Crippen LogP contribution in [-0.2, 0) is 13.0 Å². The molecule has 0 aliphatic rings. The summed E-state index contributed by atoms with van der Waals surface area (Å²) in [6.45, 7) is 1.28. The lowest BCUT2D eigenvalue weighted by Gasteiger charge is -2.12. The van der Waals surface area contributed by atoms with Crippen LogP contribution in [0, 0.1) is 5.82 Å². The molecule has 0 atom stereocenters. The van der Waals surface area contributed by atoms with Crippen LogP contribution in [0.4, 0.5) is 4.39 Å². The Bertz CT molecular complexity index is 928. The van der Waals surface area contributed by atoms with Crippen molar-refractivity contribution in [1.29, 1.82) is 0 Å². The highest BCUT2D eigenvalue weighted by atomic mass is 127. The van der Waals surface area contributed by atoms with E-state index in [1.165, 1.54) is 12.1 Å². The van der Waals surface area contributed by atoms with Gasteiger partial charge in [0.15, 0.2) is 5.96 Å². The van der Waals surface area contributed by atoms with Crippen molar-refractivity contribution in [2.45, 2.75) is 13.0 Å². The largest absolute Gasteiger partial charge is 0.497 e. The van der Waals surface area contributed by atoms with Crippen molar-refractivity contribution in [3.05, 3.63) is 71.9 Å². The number of rotatable bonds is 7. The summed E-state index contributed by atoms with van der Waals surface area (Å²) in [4.78, 5) is 8.66. The first kappa shape index (κ1) is 22.7. The third-order valence-corrected chi connectivity index (χ3v) is 4.13. The van der Waals surface area contributed by atoms with Crippen LogP contribution in [0.15, 0.2) is 64.2 Å². The van der Waals surface area contributed by atoms with E-state index in [4.69, 9.17) is 9.15 Å². The van der Waals surface area contributed by atoms with Crippen LogP contribution in [0.1, 0.15) is 11.3 Å². The minimum Gasteiger partial charge on any atom is -0.497 e. The molecule has 1 aromatic heterocycles. The predicted molar refractivity (Wildman–Crippen MR) is 122 cm³/mol. The van der Waals surface area contributed by atoms with Gasteiger partial charge in [0.05, 0.1) is 12.8 Å². The number of aliphatic imine (C=N–C) groups is 1. The Morgan fingerprint density at radius 2 is 1.97 bits per heavy atom. The third kappa shape index (κ3) is 6.74. The fourth-order valence-corrected chi connectivity index (χ4v) is 2.64. The molecule has 0 aliphatic heterocycles. The smallest absolute Gasteiger partial charge is 0.226 e. The summed E-state index contributed by atoms with van der Waals surface area (Å²) in [7, 11) is 3.38. The molecule has 6 nitrogen and oxygen atoms in total. The molecule has 3 rings (SSSR count). The Kier molecular flexibility index (Phi) is 8.91. The van der Waals surface area contributed by atoms with E-state index < -0.39 is 0 Å². The highest BCUT2D eigenvalue weighted by Gasteiger charge is 2.07. The molecular weight excluding hydrogens is 486 g/mol. The van der Waals surface area contributed by atoms with Crippen LogP contribution in [-0.4, -0.2) is 31.6 Å². The summed E-state index contributed by atoms with van der Waals surface area (Å²) in [5.41, 5.74) is 2.66. The van der Waals surface area contributed by atoms with Gasteiger partial charge in [0, 0.05) is 32.1 Å². The molecule has 0 fully saturated rings. The number of hydrogen-bond donors (Lipinski definition) is 2. The van der Waals surface area contributed by atoms with Crippen molar-refractivity contribution in [2.75, 3.05) is 20.7 Å². The van der Waals surface area contributed by atoms with E-state index in [1.807, 2.05) is 24.3 Å². The van der Waals surface area contributed by atoms with Crippen LogP contribution in [0.5, 0.6) is 5.75 Å². The molecule has 0 spiro atoms. The predicted octanol–water partition coefficient (Wildman–Crippen LogP) is 4.02. The average molecular weight is 510 g/mol. The summed E-state index contributed by atoms with van der Waals surface area (Å²) >= 11 is 0. The maximum absolute atomic E-state index is 13.0. The molecule has 1 heterocycles. The molecule has 3 aromatic rings. The number of nitrogens with one attached hydrogen (secondary N) is 2. The molecule has 2 N–H and O–H groups in total. The molecular formula is C21H24FIN4O2. The van der Waals surface area contributed by atoms with Crippen molar-refractivity contribution in [3.63, 3.8) is 0 Å². The lowest BCUT2D eigenvalue weighted by atomic mass is 10.2. The first-order valence-corrected chi connectivity index (χ1v) is 8.95. The number of methoxy groups -OCH3 is 1. The van der Waals surface area contributed by atoms with Crippen molar-refractivity contribution >= 4 is 29.9 Å². The second-order valence-corrected chi connectivity index (χ2v) is 6.10. The first-order valence-electron chi connectivity index (χ1n) is 8.95. The van der Waals surface area contributed by atoms with Crippen LogP contribution in [0.25, 0.3) is 11.5 Å². The van der Waals surface area contributed by atoms with E-state index in [-0.39, 0.29) is 29.8 Å². The highest BCUT2D eigenvalue weighted by Crippen LogP contribution is 2.19. The molecule has 0 radical (unpaired) electrons. The quantitative estimate of drug-likeness (QED) is 0.286. The third-order valence-electron chi connectivity index (χ3n) is 4.13. The summed E-state index contributed by atoms with van der Waals surface area (Å²) in [6, 6.07) is 13.9. The fraction of sp³-hybridized carbons (Fsp3) is 0.238. The van der Waals surface area contributed by atoms with Gasteiger partial charge in [0.1, 0.15) is 17.8 Å². The molecule has 0 aliphatic carbocycles. The first-order chi connectivity index (χ1) is 13.7. The maximum atomic E-state index is 13.0. The standard InChI is InChI=1S/C21H23FN4O2.HI/c1-23-21(25-13-15-4-3-5-19(12-15)27-2)24-11-10-18-14-28-20(26-18)16-6-8-17(22)9-7-16;/h3-9,12,14H,10-11,13H2,1-2H3,(H2,23,24,25);1H. The van der Waals surface area contributed by atoms with Crippen LogP contribution in [0.2, 0.25) is 0 Å². The SMILES string of the molecule is CN=C(NCCc1coc(-c2ccc(F)cc2)n1)NCc1cccc(OC)c1.I. The molecule has 0 unspecified atom stereocenters. The number of benzene rings is 2. The summed E-state index contributed by atoms with van der Waals surface area (Å²) in [5.74, 6) is 1.72. The Morgan fingerprint density at radius 3 is 2.69 bits per heavy atom. The summed E-state index contributed by atoms with van der Waals surface area (Å²) < 4.78 is 23.7. The molecule has 0 bridgehead atoms. The van der Waals surface area contributed by atoms with E-state index in [0.717, 1.165) is 22.6 Å². The van der Waals surface area contributed by atoms with Gasteiger partial charge in [-0.25, -0.2) is 9.37 Å². The van der Waals surface area contributed by atoms with E-state index in [1.54, 1.807) is 32.6 Å². The Hall–Kier alpha value is -2.62. The number of halogens is 2. The van der Waals surface area contributed by atoms with Gasteiger partial charge in [-0.1, -0.05) is 12.1 Å². The van der Waals surface area contributed by atoms with Gasteiger partial charge in [-0.2, -0.15) is 0 Å². The second-order valence-electron chi connectivity index (χ2n) is 6.10. The van der Waals surface area contributed by atoms with Gasteiger partial charge in [-0.05, 0) is 42.0 Å². The minimum atomic E-state index is -0.285. The fourth-order valence-electron chi connectivity index (χ4n) is 2.64. The molecule has 0 saturated carbocycles. The van der Waals surface area contributed by atoms with Gasteiger partial charge in [-0.15, -0.1) is 24.0 Å². The Morgan fingerprint density at radius 1 is 1.17 bits per heavy atom. The normalized spacial score (nSPS) is 10.9. The Balaban J connectivity index is 0.00000300. The monoisotopic (exact) mass is 510 g/mol. The average Bonchev–Trinajstić information content (AvgIpc) is 3.20. The van der Waals surface area contributed by atoms with Crippen molar-refractivity contribution < 1.29 is 13.5 Å². The molecule has 0 amide bonds. The molecule has 154 valence electrons. The van der Waals surface area contributed by atoms with Crippen LogP contribution < -0.4 is 15.4 Å². The van der Waals surface area contributed by atoms with Crippen LogP contribution in [0.3, 0.4) is 0 Å². The number of ether oxygens (including phenoxy) is 1. The van der Waals surface area contributed by atoms with Crippen LogP contribution >= 0.6 is 24.0 Å². The number of guanidine groups is 1. The summed E-state index contributed by atoms with van der Waals surface area (Å²) in [5, 5.41) is 6.51. The lowest BCUT2D eigenvalue weighted by molar-refractivity contribution is 0.414. The molecule has 29 heavy (non-hydrogen) atoms. The van der Waals surface area contributed by atoms with E-state index in [2.05, 4.69) is 20.6 Å². The van der Waals surface area contributed by atoms with Gasteiger partial charge >= 0.3 is 0 Å². The van der Waals surface area contributed by atoms with Gasteiger partial charge in [-0.3, -0.25) is 4.99 Å². The van der Waals surface area contributed by atoms with Crippen molar-refractivity contribution in [3.8, 4) is 17.2 Å². The minimum absolute atomic E-state index is 0. The maximum Gasteiger partial charge on any atom is 0.226 e. The van der Waals surface area contributed by atoms with Gasteiger partial charge < -0.3 is 19.8 Å². The zero-order chi connectivity index (χ0) is 19.8. The highest BCUT2D eigenvalue weighted by molar-refractivity contribution is 14.0. The number of oxazole rings is 1. The molecule has 8 heteroatoms. The second kappa shape index (κ2) is 11.4. The number of aromatic nitrogens is 1. The van der Waals surface area contributed by atoms with Crippen molar-refractivity contribution in [2.24, 2.45) is 4.99 Å². The summed E-state index contributed by atoms with van der Waals surface area (Å²) in [6.07, 6.45) is 2.29. The van der Waals surface area contributed by atoms with E-state index in [9.17, 15) is 4.39 Å². The zero-order valence-corrected chi connectivity index (χ0v) is 18.6. The number of nitrogens with zero attached hydrogens (tertiary/aromatic N) is 2. The molecule has 0 saturated heterocycles. The van der Waals surface area contributed by atoms with Crippen molar-refractivity contribution in [1.82, 2.24) is 15.6 Å². The molecule has 2 aromatic carbocycles. The topological polar surface area (TPSA) is 71.7 Å². The Labute approximate surface area is 186 Å². The lowest BCUT2D eigenvalue weighted by Crippen LogP contribution is -2.37. The van der Waals surface area contributed by atoms with E-state index >= 15 is 0 Å². The zero-order valence-electron chi connectivity index (χ0n) is 16.3.